The van der Waals surface area contributed by atoms with E-state index < -0.39 is 5.91 Å². The summed E-state index contributed by atoms with van der Waals surface area (Å²) in [6, 6.07) is 24.3. The van der Waals surface area contributed by atoms with Gasteiger partial charge in [0, 0.05) is 42.0 Å². The number of rotatable bonds is 6. The van der Waals surface area contributed by atoms with Crippen LogP contribution in [-0.2, 0) is 6.54 Å². The molecule has 4 aromatic rings. The van der Waals surface area contributed by atoms with Crippen molar-refractivity contribution >= 4 is 34.1 Å². The summed E-state index contributed by atoms with van der Waals surface area (Å²) in [6.45, 7) is 2.53. The van der Waals surface area contributed by atoms with Gasteiger partial charge in [-0.25, -0.2) is 0 Å². The molecule has 2 amide bonds. The van der Waals surface area contributed by atoms with Crippen LogP contribution in [0.15, 0.2) is 72.8 Å². The number of nitrogens with one attached hydrogen (secondary N) is 1. The topological polar surface area (TPSA) is 104 Å². The highest BCUT2D eigenvalue weighted by molar-refractivity contribution is 6.06. The number of fused-ring (bicyclic) bond motifs is 1. The van der Waals surface area contributed by atoms with Crippen molar-refractivity contribution in [3.63, 3.8) is 0 Å². The maximum atomic E-state index is 13.4. The normalized spacial score (nSPS) is 13.1. The first kappa shape index (κ1) is 22.2. The van der Waals surface area contributed by atoms with Gasteiger partial charge in [-0.15, -0.1) is 0 Å². The van der Waals surface area contributed by atoms with Gasteiger partial charge in [0.1, 0.15) is 5.69 Å². The Morgan fingerprint density at radius 1 is 0.943 bits per heavy atom. The fourth-order valence-corrected chi connectivity index (χ4v) is 4.57. The van der Waals surface area contributed by atoms with Gasteiger partial charge in [0.05, 0.1) is 17.1 Å². The third-order valence-electron chi connectivity index (χ3n) is 6.44. The molecule has 174 valence electrons. The summed E-state index contributed by atoms with van der Waals surface area (Å²) in [5.74, 6) is -0.722. The van der Waals surface area contributed by atoms with Gasteiger partial charge in [-0.2, -0.15) is 5.26 Å². The highest BCUT2D eigenvalue weighted by Gasteiger charge is 2.18. The molecule has 3 aromatic carbocycles. The van der Waals surface area contributed by atoms with Gasteiger partial charge in [-0.1, -0.05) is 18.2 Å². The maximum absolute atomic E-state index is 13.4. The van der Waals surface area contributed by atoms with Crippen LogP contribution < -0.4 is 16.0 Å². The Hall–Kier alpha value is -4.57. The molecule has 0 unspecified atom stereocenters. The lowest BCUT2D eigenvalue weighted by Crippen LogP contribution is -2.19. The number of hydrogen-bond acceptors (Lipinski definition) is 4. The molecule has 3 N–H and O–H groups in total. The maximum Gasteiger partial charge on any atom is 0.272 e. The number of nitrogens with two attached hydrogens (primary N) is 1. The van der Waals surface area contributed by atoms with Crippen LogP contribution in [0.4, 0.5) is 11.4 Å². The molecule has 1 aliphatic rings. The highest BCUT2D eigenvalue weighted by atomic mass is 16.2. The summed E-state index contributed by atoms with van der Waals surface area (Å²) in [5, 5.41) is 13.3. The van der Waals surface area contributed by atoms with Gasteiger partial charge in [0.25, 0.3) is 5.91 Å². The van der Waals surface area contributed by atoms with Crippen LogP contribution in [-0.4, -0.2) is 29.5 Å². The van der Waals surface area contributed by atoms with Gasteiger partial charge < -0.3 is 20.5 Å². The van der Waals surface area contributed by atoms with Crippen molar-refractivity contribution in [3.05, 3.63) is 95.2 Å². The number of carbonyl (C=O) groups excluding carboxylic acids is 2. The number of benzene rings is 3. The van der Waals surface area contributed by atoms with E-state index in [1.807, 2.05) is 53.1 Å². The van der Waals surface area contributed by atoms with Crippen molar-refractivity contribution in [2.24, 2.45) is 5.73 Å². The van der Waals surface area contributed by atoms with Crippen molar-refractivity contribution in [2.45, 2.75) is 19.4 Å². The van der Waals surface area contributed by atoms with E-state index >= 15 is 0 Å². The molecule has 0 atom stereocenters. The first-order chi connectivity index (χ1) is 17.0. The number of amides is 2. The number of carbonyl (C=O) groups is 2. The van der Waals surface area contributed by atoms with E-state index in [9.17, 15) is 14.9 Å². The molecule has 35 heavy (non-hydrogen) atoms. The fourth-order valence-electron chi connectivity index (χ4n) is 4.57. The Kier molecular flexibility index (Phi) is 5.94. The zero-order valence-corrected chi connectivity index (χ0v) is 19.2. The summed E-state index contributed by atoms with van der Waals surface area (Å²) >= 11 is 0. The average molecular weight is 464 g/mol. The average Bonchev–Trinajstić information content (AvgIpc) is 3.53. The van der Waals surface area contributed by atoms with Crippen molar-refractivity contribution < 1.29 is 9.59 Å². The zero-order chi connectivity index (χ0) is 24.4. The SMILES string of the molecule is N#Cc1ccc2cc(C(=O)Nc3ccc(N4CCCC4)cc3)n(Cc3ccc(C(N)=O)cc3)c2c1. The molecule has 7 nitrogen and oxygen atoms in total. The smallest absolute Gasteiger partial charge is 0.272 e. The fraction of sp³-hybridized carbons (Fsp3) is 0.179. The lowest BCUT2D eigenvalue weighted by Gasteiger charge is -2.18. The largest absolute Gasteiger partial charge is 0.372 e. The van der Waals surface area contributed by atoms with E-state index in [1.165, 1.54) is 12.8 Å². The van der Waals surface area contributed by atoms with Gasteiger partial charge >= 0.3 is 0 Å². The highest BCUT2D eigenvalue weighted by Crippen LogP contribution is 2.25. The van der Waals surface area contributed by atoms with E-state index in [4.69, 9.17) is 5.73 Å². The first-order valence-electron chi connectivity index (χ1n) is 11.6. The summed E-state index contributed by atoms with van der Waals surface area (Å²) in [4.78, 5) is 27.1. The van der Waals surface area contributed by atoms with E-state index in [0.717, 1.165) is 40.9 Å². The lowest BCUT2D eigenvalue weighted by atomic mass is 10.1. The summed E-state index contributed by atoms with van der Waals surface area (Å²) in [6.07, 6.45) is 2.42. The Labute approximate surface area is 203 Å². The van der Waals surface area contributed by atoms with Gasteiger partial charge in [0.2, 0.25) is 5.91 Å². The molecule has 1 aliphatic heterocycles. The van der Waals surface area contributed by atoms with Crippen LogP contribution in [0.25, 0.3) is 10.9 Å². The summed E-state index contributed by atoms with van der Waals surface area (Å²) < 4.78 is 1.89. The van der Waals surface area contributed by atoms with E-state index in [1.54, 1.807) is 24.3 Å². The molecule has 1 saturated heterocycles. The predicted octanol–water partition coefficient (Wildman–Crippen LogP) is 4.51. The zero-order valence-electron chi connectivity index (χ0n) is 19.2. The third kappa shape index (κ3) is 4.59. The standard InChI is InChI=1S/C28H25N5O2/c29-17-20-5-8-22-16-26(28(35)31-23-9-11-24(12-10-23)32-13-1-2-14-32)33(25(22)15-20)18-19-3-6-21(7-4-19)27(30)34/h3-12,15-16H,1-2,13-14,18H2,(H2,30,34)(H,31,35). The summed E-state index contributed by atoms with van der Waals surface area (Å²) in [7, 11) is 0. The second-order valence-corrected chi connectivity index (χ2v) is 8.76. The predicted molar refractivity (Wildman–Crippen MR) is 137 cm³/mol. The number of aromatic nitrogens is 1. The number of primary amides is 1. The van der Waals surface area contributed by atoms with Gasteiger partial charge in [0.15, 0.2) is 0 Å². The second-order valence-electron chi connectivity index (χ2n) is 8.76. The molecular weight excluding hydrogens is 438 g/mol. The van der Waals surface area contributed by atoms with Crippen molar-refractivity contribution in [3.8, 4) is 6.07 Å². The first-order valence-corrected chi connectivity index (χ1v) is 11.6. The molecule has 0 bridgehead atoms. The molecule has 1 fully saturated rings. The number of anilines is 2. The van der Waals surface area contributed by atoms with E-state index in [2.05, 4.69) is 16.3 Å². The number of hydrogen-bond donors (Lipinski definition) is 2. The Morgan fingerprint density at radius 2 is 1.66 bits per heavy atom. The van der Waals surface area contributed by atoms with E-state index in [-0.39, 0.29) is 5.91 Å². The molecule has 0 spiro atoms. The quantitative estimate of drug-likeness (QED) is 0.439. The Bertz CT molecular complexity index is 1440. The Balaban J connectivity index is 1.45. The van der Waals surface area contributed by atoms with Crippen LogP contribution >= 0.6 is 0 Å². The van der Waals surface area contributed by atoms with Gasteiger partial charge in [-0.05, 0) is 73.0 Å². The van der Waals surface area contributed by atoms with Crippen LogP contribution in [0.2, 0.25) is 0 Å². The molecule has 0 aliphatic carbocycles. The lowest BCUT2D eigenvalue weighted by molar-refractivity contribution is 0.0997. The van der Waals surface area contributed by atoms with Crippen molar-refractivity contribution in [1.82, 2.24) is 4.57 Å². The second kappa shape index (κ2) is 9.35. The minimum absolute atomic E-state index is 0.234. The molecular formula is C28H25N5O2. The van der Waals surface area contributed by atoms with Crippen LogP contribution in [0.3, 0.4) is 0 Å². The van der Waals surface area contributed by atoms with Crippen molar-refractivity contribution in [2.75, 3.05) is 23.3 Å². The minimum Gasteiger partial charge on any atom is -0.372 e. The van der Waals surface area contributed by atoms with Crippen LogP contribution in [0.1, 0.15) is 44.8 Å². The molecule has 0 radical (unpaired) electrons. The summed E-state index contributed by atoms with van der Waals surface area (Å²) in [5.41, 5.74) is 10.4. The Morgan fingerprint density at radius 3 is 2.31 bits per heavy atom. The minimum atomic E-state index is -0.488. The van der Waals surface area contributed by atoms with E-state index in [0.29, 0.717) is 23.4 Å². The van der Waals surface area contributed by atoms with Crippen LogP contribution in [0, 0.1) is 11.3 Å². The molecule has 0 saturated carbocycles. The number of nitriles is 1. The molecule has 1 aromatic heterocycles. The molecule has 2 heterocycles. The molecule has 5 rings (SSSR count). The van der Waals surface area contributed by atoms with Crippen LogP contribution in [0.5, 0.6) is 0 Å². The number of nitrogens with zero attached hydrogens (tertiary/aromatic N) is 3. The molecule has 7 heteroatoms. The van der Waals surface area contributed by atoms with Crippen molar-refractivity contribution in [1.29, 1.82) is 5.26 Å². The van der Waals surface area contributed by atoms with Gasteiger partial charge in [-0.3, -0.25) is 9.59 Å². The third-order valence-corrected chi connectivity index (χ3v) is 6.44. The monoisotopic (exact) mass is 463 g/mol.